The summed E-state index contributed by atoms with van der Waals surface area (Å²) in [7, 11) is 1.37. The van der Waals surface area contributed by atoms with Gasteiger partial charge in [0, 0.05) is 11.3 Å². The van der Waals surface area contributed by atoms with Gasteiger partial charge in [-0.2, -0.15) is 0 Å². The molecule has 4 rings (SSSR count). The Hall–Kier alpha value is -3.97. The van der Waals surface area contributed by atoms with Crippen LogP contribution >= 0.6 is 11.6 Å². The van der Waals surface area contributed by atoms with Crippen molar-refractivity contribution >= 4 is 34.7 Å². The van der Waals surface area contributed by atoms with Gasteiger partial charge in [0.15, 0.2) is 11.5 Å². The van der Waals surface area contributed by atoms with Crippen molar-refractivity contribution in [3.05, 3.63) is 88.5 Å². The van der Waals surface area contributed by atoms with Crippen LogP contribution in [-0.4, -0.2) is 35.6 Å². The maximum Gasteiger partial charge on any atom is 0.300 e. The molecule has 0 aliphatic carbocycles. The molecule has 186 valence electrons. The van der Waals surface area contributed by atoms with Gasteiger partial charge in [0.25, 0.3) is 11.7 Å². The second-order valence-electron chi connectivity index (χ2n) is 8.79. The van der Waals surface area contributed by atoms with E-state index in [1.807, 2.05) is 13.8 Å². The minimum absolute atomic E-state index is 0.0188. The lowest BCUT2D eigenvalue weighted by Crippen LogP contribution is -2.29. The number of benzene rings is 3. The molecule has 8 heteroatoms. The molecule has 1 heterocycles. The third kappa shape index (κ3) is 4.75. The van der Waals surface area contributed by atoms with Crippen molar-refractivity contribution < 1.29 is 29.3 Å². The van der Waals surface area contributed by atoms with E-state index in [0.717, 1.165) is 0 Å². The number of hydrogen-bond acceptors (Lipinski definition) is 6. The fourth-order valence-corrected chi connectivity index (χ4v) is 4.26. The third-order valence-corrected chi connectivity index (χ3v) is 6.06. The number of ketones is 1. The highest BCUT2D eigenvalue weighted by Crippen LogP contribution is 2.45. The second-order valence-corrected chi connectivity index (χ2v) is 9.19. The van der Waals surface area contributed by atoms with Crippen molar-refractivity contribution in [3.8, 4) is 17.2 Å². The van der Waals surface area contributed by atoms with E-state index in [1.54, 1.807) is 54.6 Å². The lowest BCUT2D eigenvalue weighted by molar-refractivity contribution is -0.132. The standard InChI is InChI=1S/C28H26ClNO6/c1-16(2)15-36-20-11-9-17(10-12-20)25(31)23-24(18-13-21(29)26(32)22(14-18)35-3)30(28(34)27(23)33)19-7-5-4-6-8-19/h4-14,16,24,31-32H,15H2,1-3H3/b25-23+. The number of amides is 1. The number of hydrogen-bond donors (Lipinski definition) is 2. The molecule has 1 fully saturated rings. The summed E-state index contributed by atoms with van der Waals surface area (Å²) in [5.74, 6) is -1.20. The summed E-state index contributed by atoms with van der Waals surface area (Å²) in [5, 5.41) is 21.5. The van der Waals surface area contributed by atoms with Crippen LogP contribution in [-0.2, 0) is 9.59 Å². The van der Waals surface area contributed by atoms with Crippen molar-refractivity contribution in [2.24, 2.45) is 5.92 Å². The SMILES string of the molecule is COc1cc(C2/C(=C(\O)c3ccc(OCC(C)C)cc3)C(=O)C(=O)N2c2ccccc2)cc(Cl)c1O. The smallest absolute Gasteiger partial charge is 0.300 e. The Morgan fingerprint density at radius 3 is 2.33 bits per heavy atom. The minimum Gasteiger partial charge on any atom is -0.507 e. The molecule has 0 saturated carbocycles. The fourth-order valence-electron chi connectivity index (χ4n) is 4.04. The van der Waals surface area contributed by atoms with Crippen molar-refractivity contribution in [3.63, 3.8) is 0 Å². The molecule has 1 unspecified atom stereocenters. The maximum absolute atomic E-state index is 13.3. The number of phenols is 1. The Bertz CT molecular complexity index is 1320. The van der Waals surface area contributed by atoms with E-state index in [4.69, 9.17) is 21.1 Å². The molecule has 1 aliphatic heterocycles. The summed E-state index contributed by atoms with van der Waals surface area (Å²) in [6.45, 7) is 4.62. The molecule has 1 amide bonds. The zero-order valence-corrected chi connectivity index (χ0v) is 20.8. The monoisotopic (exact) mass is 507 g/mol. The van der Waals surface area contributed by atoms with Gasteiger partial charge in [-0.3, -0.25) is 14.5 Å². The van der Waals surface area contributed by atoms with Crippen LogP contribution in [0.15, 0.2) is 72.3 Å². The van der Waals surface area contributed by atoms with Crippen molar-refractivity contribution in [2.75, 3.05) is 18.6 Å². The number of carbonyl (C=O) groups excluding carboxylic acids is 2. The summed E-state index contributed by atoms with van der Waals surface area (Å²) < 4.78 is 10.9. The lowest BCUT2D eigenvalue weighted by Gasteiger charge is -2.26. The van der Waals surface area contributed by atoms with Gasteiger partial charge in [-0.1, -0.05) is 43.6 Å². The number of halogens is 1. The molecule has 36 heavy (non-hydrogen) atoms. The first-order valence-electron chi connectivity index (χ1n) is 11.4. The van der Waals surface area contributed by atoms with E-state index in [1.165, 1.54) is 24.1 Å². The molecule has 0 aromatic heterocycles. The predicted octanol–water partition coefficient (Wildman–Crippen LogP) is 5.72. The number of nitrogens with zero attached hydrogens (tertiary/aromatic N) is 1. The van der Waals surface area contributed by atoms with Crippen LogP contribution in [0.3, 0.4) is 0 Å². The number of methoxy groups -OCH3 is 1. The Balaban J connectivity index is 1.87. The lowest BCUT2D eigenvalue weighted by atomic mass is 9.94. The number of anilines is 1. The summed E-state index contributed by atoms with van der Waals surface area (Å²) in [4.78, 5) is 27.8. The number of aliphatic hydroxyl groups is 1. The normalized spacial score (nSPS) is 17.0. The molecule has 0 spiro atoms. The molecule has 1 saturated heterocycles. The van der Waals surface area contributed by atoms with Gasteiger partial charge in [-0.05, 0) is 60.0 Å². The quantitative estimate of drug-likeness (QED) is 0.241. The van der Waals surface area contributed by atoms with Gasteiger partial charge >= 0.3 is 0 Å². The van der Waals surface area contributed by atoms with Gasteiger partial charge < -0.3 is 19.7 Å². The van der Waals surface area contributed by atoms with Gasteiger partial charge in [0.2, 0.25) is 0 Å². The van der Waals surface area contributed by atoms with Crippen molar-refractivity contribution in [1.29, 1.82) is 0 Å². The molecule has 7 nitrogen and oxygen atoms in total. The highest BCUT2D eigenvalue weighted by Gasteiger charge is 2.47. The van der Waals surface area contributed by atoms with E-state index in [-0.39, 0.29) is 27.9 Å². The van der Waals surface area contributed by atoms with Gasteiger partial charge in [-0.15, -0.1) is 0 Å². The zero-order valence-electron chi connectivity index (χ0n) is 20.1. The van der Waals surface area contributed by atoms with Crippen LogP contribution in [0, 0.1) is 5.92 Å². The second kappa shape index (κ2) is 10.3. The first kappa shape index (κ1) is 25.1. The number of carbonyl (C=O) groups is 2. The summed E-state index contributed by atoms with van der Waals surface area (Å²) in [5.41, 5.74) is 1.09. The fraction of sp³-hybridized carbons (Fsp3) is 0.214. The highest BCUT2D eigenvalue weighted by atomic mass is 35.5. The van der Waals surface area contributed by atoms with E-state index in [9.17, 15) is 19.8 Å². The van der Waals surface area contributed by atoms with Crippen LogP contribution in [0.1, 0.15) is 31.0 Å². The number of aromatic hydroxyl groups is 1. The zero-order chi connectivity index (χ0) is 26.0. The van der Waals surface area contributed by atoms with Crippen LogP contribution in [0.25, 0.3) is 5.76 Å². The molecular weight excluding hydrogens is 482 g/mol. The largest absolute Gasteiger partial charge is 0.507 e. The van der Waals surface area contributed by atoms with E-state index in [2.05, 4.69) is 0 Å². The average molecular weight is 508 g/mol. The predicted molar refractivity (Wildman–Crippen MR) is 138 cm³/mol. The summed E-state index contributed by atoms with van der Waals surface area (Å²) >= 11 is 6.25. The molecule has 1 aliphatic rings. The Kier molecular flexibility index (Phi) is 7.22. The highest BCUT2D eigenvalue weighted by molar-refractivity contribution is 6.51. The maximum atomic E-state index is 13.3. The Labute approximate surface area is 214 Å². The van der Waals surface area contributed by atoms with Crippen LogP contribution in [0.2, 0.25) is 5.02 Å². The van der Waals surface area contributed by atoms with Crippen molar-refractivity contribution in [2.45, 2.75) is 19.9 Å². The van der Waals surface area contributed by atoms with Gasteiger partial charge in [0.1, 0.15) is 11.5 Å². The van der Waals surface area contributed by atoms with Crippen molar-refractivity contribution in [1.82, 2.24) is 0 Å². The van der Waals surface area contributed by atoms with Crippen LogP contribution < -0.4 is 14.4 Å². The van der Waals surface area contributed by atoms with Gasteiger partial charge in [-0.25, -0.2) is 0 Å². The number of phenolic OH excluding ortho intramolecular Hbond substituents is 1. The molecule has 3 aromatic carbocycles. The molecule has 0 bridgehead atoms. The molecule has 0 radical (unpaired) electrons. The topological polar surface area (TPSA) is 96.3 Å². The molecule has 2 N–H and O–H groups in total. The molecule has 3 aromatic rings. The summed E-state index contributed by atoms with van der Waals surface area (Å²) in [6.07, 6.45) is 0. The molecular formula is C28H26ClNO6. The average Bonchev–Trinajstić information content (AvgIpc) is 3.15. The number of ether oxygens (including phenoxy) is 2. The number of rotatable bonds is 7. The van der Waals surface area contributed by atoms with Crippen LogP contribution in [0.5, 0.6) is 17.2 Å². The van der Waals surface area contributed by atoms with Crippen LogP contribution in [0.4, 0.5) is 5.69 Å². The van der Waals surface area contributed by atoms with Gasteiger partial charge in [0.05, 0.1) is 30.4 Å². The minimum atomic E-state index is -1.02. The Morgan fingerprint density at radius 2 is 1.72 bits per heavy atom. The third-order valence-electron chi connectivity index (χ3n) is 5.78. The molecule has 1 atom stereocenters. The first-order chi connectivity index (χ1) is 17.2. The number of aliphatic hydroxyl groups excluding tert-OH is 1. The number of para-hydroxylation sites is 1. The first-order valence-corrected chi connectivity index (χ1v) is 11.8. The van der Waals surface area contributed by atoms with E-state index in [0.29, 0.717) is 35.1 Å². The Morgan fingerprint density at radius 1 is 1.06 bits per heavy atom. The van der Waals surface area contributed by atoms with E-state index >= 15 is 0 Å². The number of Topliss-reactive ketones (excluding diaryl/α,β-unsaturated/α-hetero) is 1. The van der Waals surface area contributed by atoms with E-state index < -0.39 is 17.7 Å². The summed E-state index contributed by atoms with van der Waals surface area (Å²) in [6, 6.07) is 17.2.